The molecule has 0 fully saturated rings. The van der Waals surface area contributed by atoms with Crippen molar-refractivity contribution >= 4 is 10.8 Å². The van der Waals surface area contributed by atoms with Crippen LogP contribution in [0.25, 0.3) is 10.8 Å². The summed E-state index contributed by atoms with van der Waals surface area (Å²) >= 11 is 0. The monoisotopic (exact) mass is 224 g/mol. The second-order valence-electron chi connectivity index (χ2n) is 6.19. The summed E-state index contributed by atoms with van der Waals surface area (Å²) in [5.41, 5.74) is 4.79. The van der Waals surface area contributed by atoms with E-state index in [1.807, 2.05) is 0 Å². The lowest BCUT2D eigenvalue weighted by Gasteiger charge is -2.25. The van der Waals surface area contributed by atoms with Gasteiger partial charge in [0, 0.05) is 0 Å². The van der Waals surface area contributed by atoms with E-state index in [0.717, 1.165) is 5.92 Å². The maximum absolute atomic E-state index is 2.42. The highest BCUT2D eigenvalue weighted by Crippen LogP contribution is 2.44. The molecule has 88 valence electrons. The normalized spacial score (nSPS) is 21.8. The van der Waals surface area contributed by atoms with Crippen molar-refractivity contribution in [1.29, 1.82) is 0 Å². The number of benzene rings is 2. The molecule has 0 nitrogen and oxygen atoms in total. The zero-order valence-electron chi connectivity index (χ0n) is 11.2. The number of hydrogen-bond acceptors (Lipinski definition) is 0. The summed E-state index contributed by atoms with van der Waals surface area (Å²) < 4.78 is 0. The van der Waals surface area contributed by atoms with Crippen LogP contribution >= 0.6 is 0 Å². The third-order valence-corrected chi connectivity index (χ3v) is 4.67. The van der Waals surface area contributed by atoms with Gasteiger partial charge in [0.2, 0.25) is 0 Å². The van der Waals surface area contributed by atoms with Gasteiger partial charge in [-0.3, -0.25) is 0 Å². The molecule has 0 saturated carbocycles. The summed E-state index contributed by atoms with van der Waals surface area (Å²) in [6, 6.07) is 11.6. The van der Waals surface area contributed by atoms with Gasteiger partial charge in [-0.1, -0.05) is 56.7 Å². The van der Waals surface area contributed by atoms with Crippen LogP contribution in [-0.2, 0) is 11.8 Å². The Morgan fingerprint density at radius 3 is 2.59 bits per heavy atom. The van der Waals surface area contributed by atoms with E-state index in [9.17, 15) is 0 Å². The van der Waals surface area contributed by atoms with Crippen LogP contribution in [0.3, 0.4) is 0 Å². The molecule has 0 N–H and O–H groups in total. The number of aryl methyl sites for hydroxylation is 1. The second-order valence-corrected chi connectivity index (χ2v) is 6.19. The molecule has 0 spiro atoms. The van der Waals surface area contributed by atoms with E-state index in [1.165, 1.54) is 22.8 Å². The highest BCUT2D eigenvalue weighted by atomic mass is 14.4. The summed E-state index contributed by atoms with van der Waals surface area (Å²) in [6.45, 7) is 9.30. The van der Waals surface area contributed by atoms with Gasteiger partial charge < -0.3 is 0 Å². The van der Waals surface area contributed by atoms with Crippen molar-refractivity contribution in [3.8, 4) is 0 Å². The molecule has 17 heavy (non-hydrogen) atoms. The smallest absolute Gasteiger partial charge is 0.00718 e. The number of rotatable bonds is 0. The van der Waals surface area contributed by atoms with E-state index in [-0.39, 0.29) is 0 Å². The van der Waals surface area contributed by atoms with Gasteiger partial charge in [0.1, 0.15) is 0 Å². The minimum atomic E-state index is 0.327. The van der Waals surface area contributed by atoms with Crippen molar-refractivity contribution in [3.05, 3.63) is 47.0 Å². The molecule has 0 aliphatic heterocycles. The zero-order valence-corrected chi connectivity index (χ0v) is 11.2. The van der Waals surface area contributed by atoms with Crippen LogP contribution in [0.1, 0.15) is 37.5 Å². The molecule has 0 bridgehead atoms. The lowest BCUT2D eigenvalue weighted by Crippen LogP contribution is -2.21. The fourth-order valence-electron chi connectivity index (χ4n) is 3.08. The van der Waals surface area contributed by atoms with Crippen molar-refractivity contribution in [2.45, 2.75) is 39.5 Å². The van der Waals surface area contributed by atoms with Gasteiger partial charge >= 0.3 is 0 Å². The molecule has 0 saturated heterocycles. The summed E-state index contributed by atoms with van der Waals surface area (Å²) in [4.78, 5) is 0. The molecule has 1 atom stereocenters. The van der Waals surface area contributed by atoms with E-state index in [0.29, 0.717) is 5.41 Å². The van der Waals surface area contributed by atoms with Crippen LogP contribution < -0.4 is 0 Å². The first-order valence-corrected chi connectivity index (χ1v) is 6.52. The maximum Gasteiger partial charge on any atom is -0.00718 e. The Kier molecular flexibility index (Phi) is 2.13. The lowest BCUT2D eigenvalue weighted by atomic mass is 9.79. The molecule has 1 aliphatic carbocycles. The number of fused-ring (bicyclic) bond motifs is 2. The van der Waals surface area contributed by atoms with Crippen molar-refractivity contribution in [1.82, 2.24) is 0 Å². The lowest BCUT2D eigenvalue weighted by molar-refractivity contribution is 0.379. The zero-order chi connectivity index (χ0) is 12.2. The Morgan fingerprint density at radius 2 is 1.82 bits per heavy atom. The van der Waals surface area contributed by atoms with Crippen molar-refractivity contribution in [2.24, 2.45) is 5.92 Å². The quantitative estimate of drug-likeness (QED) is 0.612. The Morgan fingerprint density at radius 1 is 1.06 bits per heavy atom. The first kappa shape index (κ1) is 10.8. The summed E-state index contributed by atoms with van der Waals surface area (Å²) in [5.74, 6) is 0.746. The molecule has 1 aliphatic rings. The Bertz CT molecular complexity index is 590. The van der Waals surface area contributed by atoms with Crippen LogP contribution in [-0.4, -0.2) is 0 Å². The standard InChI is InChI=1S/C17H20/c1-11-5-6-13-9-15-8-12(2)17(3,4)16(15)10-14(13)7-11/h5-7,9-10,12H,8H2,1-4H3. The maximum atomic E-state index is 2.42. The van der Waals surface area contributed by atoms with Crippen molar-refractivity contribution in [3.63, 3.8) is 0 Å². The molecule has 1 unspecified atom stereocenters. The average Bonchev–Trinajstić information content (AvgIpc) is 2.48. The summed E-state index contributed by atoms with van der Waals surface area (Å²) in [7, 11) is 0. The topological polar surface area (TPSA) is 0 Å². The molecular weight excluding hydrogens is 204 g/mol. The van der Waals surface area contributed by atoms with E-state index in [1.54, 1.807) is 11.1 Å². The Balaban J connectivity index is 2.30. The highest BCUT2D eigenvalue weighted by molar-refractivity contribution is 5.85. The molecule has 0 heteroatoms. The molecule has 2 aromatic carbocycles. The largest absolute Gasteiger partial charge is 0.0614 e. The third kappa shape index (κ3) is 1.50. The van der Waals surface area contributed by atoms with Gasteiger partial charge in [0.15, 0.2) is 0 Å². The minimum absolute atomic E-state index is 0.327. The molecule has 0 heterocycles. The van der Waals surface area contributed by atoms with Crippen molar-refractivity contribution in [2.75, 3.05) is 0 Å². The molecular formula is C17H20. The molecule has 0 amide bonds. The van der Waals surface area contributed by atoms with Crippen LogP contribution in [0.4, 0.5) is 0 Å². The predicted molar refractivity (Wildman–Crippen MR) is 74.6 cm³/mol. The third-order valence-electron chi connectivity index (χ3n) is 4.67. The SMILES string of the molecule is Cc1ccc2cc3c(cc2c1)C(C)(C)C(C)C3. The van der Waals surface area contributed by atoms with Gasteiger partial charge in [-0.05, 0) is 46.6 Å². The first-order valence-electron chi connectivity index (χ1n) is 6.52. The van der Waals surface area contributed by atoms with Crippen LogP contribution in [0.5, 0.6) is 0 Å². The van der Waals surface area contributed by atoms with Gasteiger partial charge in [0.05, 0.1) is 0 Å². The van der Waals surface area contributed by atoms with Crippen LogP contribution in [0, 0.1) is 12.8 Å². The Hall–Kier alpha value is -1.30. The van der Waals surface area contributed by atoms with E-state index in [4.69, 9.17) is 0 Å². The van der Waals surface area contributed by atoms with E-state index in [2.05, 4.69) is 58.0 Å². The highest BCUT2D eigenvalue weighted by Gasteiger charge is 2.36. The molecule has 0 radical (unpaired) electrons. The summed E-state index contributed by atoms with van der Waals surface area (Å²) in [6.07, 6.45) is 1.23. The molecule has 3 rings (SSSR count). The van der Waals surface area contributed by atoms with E-state index >= 15 is 0 Å². The second kappa shape index (κ2) is 3.35. The van der Waals surface area contributed by atoms with Crippen molar-refractivity contribution < 1.29 is 0 Å². The van der Waals surface area contributed by atoms with Crippen LogP contribution in [0.2, 0.25) is 0 Å². The summed E-state index contributed by atoms with van der Waals surface area (Å²) in [5, 5.41) is 2.78. The predicted octanol–water partition coefficient (Wildman–Crippen LogP) is 4.62. The van der Waals surface area contributed by atoms with Gasteiger partial charge in [-0.2, -0.15) is 0 Å². The van der Waals surface area contributed by atoms with E-state index < -0.39 is 0 Å². The molecule has 2 aromatic rings. The number of hydrogen-bond donors (Lipinski definition) is 0. The fourth-order valence-corrected chi connectivity index (χ4v) is 3.08. The average molecular weight is 224 g/mol. The fraction of sp³-hybridized carbons (Fsp3) is 0.412. The van der Waals surface area contributed by atoms with Crippen LogP contribution in [0.15, 0.2) is 30.3 Å². The van der Waals surface area contributed by atoms with Gasteiger partial charge in [-0.25, -0.2) is 0 Å². The molecule has 0 aromatic heterocycles. The first-order chi connectivity index (χ1) is 7.98. The Labute approximate surface area is 104 Å². The minimum Gasteiger partial charge on any atom is -0.0614 e. The van der Waals surface area contributed by atoms with Gasteiger partial charge in [-0.15, -0.1) is 0 Å². The van der Waals surface area contributed by atoms with Gasteiger partial charge in [0.25, 0.3) is 0 Å².